The third kappa shape index (κ3) is 4.50. The second-order valence-corrected chi connectivity index (χ2v) is 8.25. The maximum atomic E-state index is 12.5. The number of hydrogen-bond acceptors (Lipinski definition) is 4. The first-order valence-electron chi connectivity index (χ1n) is 7.08. The first-order valence-corrected chi connectivity index (χ1v) is 9.68. The van der Waals surface area contributed by atoms with Crippen molar-refractivity contribution in [3.63, 3.8) is 0 Å². The number of halogens is 2. The Hall–Kier alpha value is -1.02. The van der Waals surface area contributed by atoms with Crippen LogP contribution in [-0.4, -0.2) is 70.2 Å². The van der Waals surface area contributed by atoms with Gasteiger partial charge in [-0.25, -0.2) is 8.42 Å². The van der Waals surface area contributed by atoms with Crippen LogP contribution in [0.25, 0.3) is 0 Å². The van der Waals surface area contributed by atoms with Crippen LogP contribution in [0.1, 0.15) is 0 Å². The van der Waals surface area contributed by atoms with Crippen LogP contribution in [0.4, 0.5) is 5.69 Å². The number of carbonyl (C=O) groups excluding carboxylic acids is 1. The standard InChI is InChI=1S/C14H19Cl2N3O3S/c1-17-6-8-18(9-7-17)13(20)10-19(23(2,21)22)14-11(15)4-3-5-12(14)16/h3-5H,6-10H2,1-2H3. The summed E-state index contributed by atoms with van der Waals surface area (Å²) in [6, 6.07) is 4.71. The second-order valence-electron chi connectivity index (χ2n) is 5.52. The molecular formula is C14H19Cl2N3O3S. The van der Waals surface area contributed by atoms with Gasteiger partial charge in [-0.05, 0) is 19.2 Å². The van der Waals surface area contributed by atoms with Gasteiger partial charge in [0.15, 0.2) is 0 Å². The molecule has 0 spiro atoms. The maximum absolute atomic E-state index is 12.5. The molecule has 0 aromatic heterocycles. The van der Waals surface area contributed by atoms with Crippen molar-refractivity contribution in [3.8, 4) is 0 Å². The molecule has 128 valence electrons. The number of amides is 1. The van der Waals surface area contributed by atoms with Gasteiger partial charge in [0.1, 0.15) is 6.54 Å². The van der Waals surface area contributed by atoms with Crippen LogP contribution in [0.3, 0.4) is 0 Å². The molecule has 0 saturated carbocycles. The number of carbonyl (C=O) groups is 1. The number of hydrogen-bond donors (Lipinski definition) is 0. The van der Waals surface area contributed by atoms with Crippen molar-refractivity contribution in [3.05, 3.63) is 28.2 Å². The number of rotatable bonds is 4. The number of piperazine rings is 1. The predicted molar refractivity (Wildman–Crippen MR) is 92.7 cm³/mol. The summed E-state index contributed by atoms with van der Waals surface area (Å²) >= 11 is 12.2. The molecule has 2 rings (SSSR count). The Kier molecular flexibility index (Phi) is 5.78. The summed E-state index contributed by atoms with van der Waals surface area (Å²) in [4.78, 5) is 16.2. The molecule has 1 amide bonds. The monoisotopic (exact) mass is 379 g/mol. The molecule has 1 aromatic rings. The van der Waals surface area contributed by atoms with Gasteiger partial charge in [0.05, 0.1) is 22.0 Å². The van der Waals surface area contributed by atoms with Crippen molar-refractivity contribution in [1.29, 1.82) is 0 Å². The Labute approximate surface area is 146 Å². The van der Waals surface area contributed by atoms with Crippen LogP contribution in [0.2, 0.25) is 10.0 Å². The summed E-state index contributed by atoms with van der Waals surface area (Å²) in [5.74, 6) is -0.264. The lowest BCUT2D eigenvalue weighted by Gasteiger charge is -2.34. The quantitative estimate of drug-likeness (QED) is 0.795. The fourth-order valence-electron chi connectivity index (χ4n) is 2.37. The zero-order valence-electron chi connectivity index (χ0n) is 13.0. The van der Waals surface area contributed by atoms with E-state index in [1.54, 1.807) is 23.1 Å². The van der Waals surface area contributed by atoms with Crippen LogP contribution < -0.4 is 4.31 Å². The van der Waals surface area contributed by atoms with Crippen molar-refractivity contribution in [2.45, 2.75) is 0 Å². The highest BCUT2D eigenvalue weighted by Gasteiger charge is 2.28. The fourth-order valence-corrected chi connectivity index (χ4v) is 3.94. The van der Waals surface area contributed by atoms with Gasteiger partial charge in [0.25, 0.3) is 0 Å². The molecular weight excluding hydrogens is 361 g/mol. The molecule has 1 aliphatic heterocycles. The fraction of sp³-hybridized carbons (Fsp3) is 0.500. The lowest BCUT2D eigenvalue weighted by Crippen LogP contribution is -2.50. The van der Waals surface area contributed by atoms with Crippen LogP contribution in [0, 0.1) is 0 Å². The summed E-state index contributed by atoms with van der Waals surface area (Å²) in [5.41, 5.74) is 0.140. The number of para-hydroxylation sites is 1. The molecule has 0 bridgehead atoms. The molecule has 1 fully saturated rings. The van der Waals surface area contributed by atoms with Crippen LogP contribution in [-0.2, 0) is 14.8 Å². The highest BCUT2D eigenvalue weighted by Crippen LogP contribution is 2.34. The minimum atomic E-state index is -3.70. The molecule has 1 aromatic carbocycles. The Balaban J connectivity index is 2.26. The first-order chi connectivity index (χ1) is 10.7. The average Bonchev–Trinajstić information content (AvgIpc) is 2.45. The van der Waals surface area contributed by atoms with Gasteiger partial charge in [-0.1, -0.05) is 29.3 Å². The summed E-state index contributed by atoms with van der Waals surface area (Å²) in [5, 5.41) is 0.378. The van der Waals surface area contributed by atoms with E-state index >= 15 is 0 Å². The largest absolute Gasteiger partial charge is 0.339 e. The average molecular weight is 380 g/mol. The third-order valence-electron chi connectivity index (χ3n) is 3.72. The lowest BCUT2D eigenvalue weighted by molar-refractivity contribution is -0.131. The van der Waals surface area contributed by atoms with Gasteiger partial charge in [-0.15, -0.1) is 0 Å². The molecule has 1 saturated heterocycles. The number of anilines is 1. The Morgan fingerprint density at radius 2 is 1.70 bits per heavy atom. The van der Waals surface area contributed by atoms with Gasteiger partial charge in [0.2, 0.25) is 15.9 Å². The summed E-state index contributed by atoms with van der Waals surface area (Å²) < 4.78 is 25.2. The van der Waals surface area contributed by atoms with Crippen molar-refractivity contribution in [1.82, 2.24) is 9.80 Å². The zero-order chi connectivity index (χ0) is 17.2. The molecule has 1 heterocycles. The van der Waals surface area contributed by atoms with Crippen molar-refractivity contribution in [2.75, 3.05) is 50.3 Å². The Bertz CT molecular complexity index is 668. The van der Waals surface area contributed by atoms with Crippen molar-refractivity contribution in [2.24, 2.45) is 0 Å². The summed E-state index contributed by atoms with van der Waals surface area (Å²) in [6.45, 7) is 2.35. The molecule has 0 aliphatic carbocycles. The zero-order valence-corrected chi connectivity index (χ0v) is 15.3. The highest BCUT2D eigenvalue weighted by atomic mass is 35.5. The highest BCUT2D eigenvalue weighted by molar-refractivity contribution is 7.92. The predicted octanol–water partition coefficient (Wildman–Crippen LogP) is 1.53. The van der Waals surface area contributed by atoms with Gasteiger partial charge in [-0.3, -0.25) is 9.10 Å². The maximum Gasteiger partial charge on any atom is 0.243 e. The molecule has 1 aliphatic rings. The number of sulfonamides is 1. The van der Waals surface area contributed by atoms with Crippen LogP contribution >= 0.6 is 23.2 Å². The van der Waals surface area contributed by atoms with Crippen molar-refractivity contribution >= 4 is 44.8 Å². The van der Waals surface area contributed by atoms with E-state index in [9.17, 15) is 13.2 Å². The first kappa shape index (κ1) is 18.3. The summed E-state index contributed by atoms with van der Waals surface area (Å²) in [7, 11) is -1.72. The Morgan fingerprint density at radius 3 is 2.17 bits per heavy atom. The van der Waals surface area contributed by atoms with Gasteiger partial charge < -0.3 is 9.80 Å². The number of benzene rings is 1. The van der Waals surface area contributed by atoms with Crippen molar-refractivity contribution < 1.29 is 13.2 Å². The van der Waals surface area contributed by atoms with E-state index in [-0.39, 0.29) is 28.2 Å². The topological polar surface area (TPSA) is 60.9 Å². The van der Waals surface area contributed by atoms with E-state index in [0.717, 1.165) is 23.7 Å². The summed E-state index contributed by atoms with van der Waals surface area (Å²) in [6.07, 6.45) is 1.03. The van der Waals surface area contributed by atoms with E-state index in [2.05, 4.69) is 4.90 Å². The van der Waals surface area contributed by atoms with E-state index in [0.29, 0.717) is 13.1 Å². The molecule has 0 N–H and O–H groups in total. The second kappa shape index (κ2) is 7.25. The minimum absolute atomic E-state index is 0.140. The number of nitrogens with zero attached hydrogens (tertiary/aromatic N) is 3. The van der Waals surface area contributed by atoms with E-state index < -0.39 is 10.0 Å². The molecule has 6 nitrogen and oxygen atoms in total. The molecule has 9 heteroatoms. The van der Waals surface area contributed by atoms with E-state index in [4.69, 9.17) is 23.2 Å². The molecule has 0 unspecified atom stereocenters. The van der Waals surface area contributed by atoms with Crippen LogP contribution in [0.15, 0.2) is 18.2 Å². The Morgan fingerprint density at radius 1 is 1.17 bits per heavy atom. The third-order valence-corrected chi connectivity index (χ3v) is 5.44. The molecule has 23 heavy (non-hydrogen) atoms. The normalized spacial score (nSPS) is 16.4. The van der Waals surface area contributed by atoms with E-state index in [1.807, 2.05) is 7.05 Å². The minimum Gasteiger partial charge on any atom is -0.339 e. The smallest absolute Gasteiger partial charge is 0.243 e. The lowest BCUT2D eigenvalue weighted by atomic mass is 10.3. The van der Waals surface area contributed by atoms with Crippen LogP contribution in [0.5, 0.6) is 0 Å². The van der Waals surface area contributed by atoms with E-state index in [1.165, 1.54) is 0 Å². The van der Waals surface area contributed by atoms with Gasteiger partial charge in [-0.2, -0.15) is 0 Å². The van der Waals surface area contributed by atoms with Gasteiger partial charge >= 0.3 is 0 Å². The SMILES string of the molecule is CN1CCN(C(=O)CN(c2c(Cl)cccc2Cl)S(C)(=O)=O)CC1. The molecule has 0 radical (unpaired) electrons. The van der Waals surface area contributed by atoms with Gasteiger partial charge in [0, 0.05) is 26.2 Å². The molecule has 0 atom stereocenters. The number of likely N-dealkylation sites (N-methyl/N-ethyl adjacent to an activating group) is 1.